The summed E-state index contributed by atoms with van der Waals surface area (Å²) in [4.78, 5) is 4.42. The molecule has 0 spiro atoms. The minimum Gasteiger partial charge on any atom is -0.360 e. The van der Waals surface area contributed by atoms with Crippen molar-refractivity contribution in [2.75, 3.05) is 11.9 Å². The van der Waals surface area contributed by atoms with Gasteiger partial charge in [0.25, 0.3) is 0 Å². The fourth-order valence-electron chi connectivity index (χ4n) is 2.89. The second-order valence-electron chi connectivity index (χ2n) is 5.39. The Morgan fingerprint density at radius 3 is 2.84 bits per heavy atom. The number of hydrogen-bond acceptors (Lipinski definition) is 5. The van der Waals surface area contributed by atoms with E-state index in [1.165, 1.54) is 19.3 Å². The number of nitrogens with two attached hydrogens (primary N) is 1. The van der Waals surface area contributed by atoms with Gasteiger partial charge in [-0.05, 0) is 19.8 Å². The summed E-state index contributed by atoms with van der Waals surface area (Å²) >= 11 is 0. The van der Waals surface area contributed by atoms with Crippen LogP contribution in [0.3, 0.4) is 0 Å². The van der Waals surface area contributed by atoms with Gasteiger partial charge in [0, 0.05) is 18.9 Å². The number of nitrogens with zero attached hydrogens (tertiary/aromatic N) is 4. The summed E-state index contributed by atoms with van der Waals surface area (Å²) in [5.74, 6) is 1.65. The predicted molar refractivity (Wildman–Crippen MR) is 74.0 cm³/mol. The van der Waals surface area contributed by atoms with E-state index >= 15 is 0 Å². The molecule has 0 radical (unpaired) electrons. The highest BCUT2D eigenvalue weighted by Crippen LogP contribution is 2.31. The molecule has 0 aliphatic heterocycles. The molecule has 2 aromatic rings. The molecule has 0 amide bonds. The molecule has 2 aromatic heterocycles. The standard InChI is InChI=1S/C13H20N6/c1-10-17-18-12-11(15-7-8-19(10)12)16-13(9-14)5-3-2-4-6-13/h7-8H,2-6,9,14H2,1H3,(H,15,16). The molecule has 6 heteroatoms. The van der Waals surface area contributed by atoms with Gasteiger partial charge < -0.3 is 11.1 Å². The van der Waals surface area contributed by atoms with E-state index in [2.05, 4.69) is 20.5 Å². The first-order valence-corrected chi connectivity index (χ1v) is 6.89. The summed E-state index contributed by atoms with van der Waals surface area (Å²) in [7, 11) is 0. The number of rotatable bonds is 3. The maximum atomic E-state index is 6.00. The normalized spacial score (nSPS) is 18.6. The molecule has 19 heavy (non-hydrogen) atoms. The third-order valence-corrected chi connectivity index (χ3v) is 4.08. The summed E-state index contributed by atoms with van der Waals surface area (Å²) < 4.78 is 1.95. The fourth-order valence-corrected chi connectivity index (χ4v) is 2.89. The van der Waals surface area contributed by atoms with Crippen LogP contribution in [0.25, 0.3) is 5.65 Å². The van der Waals surface area contributed by atoms with E-state index in [0.717, 1.165) is 30.1 Å². The van der Waals surface area contributed by atoms with Crippen molar-refractivity contribution in [2.45, 2.75) is 44.6 Å². The van der Waals surface area contributed by atoms with Crippen LogP contribution in [0.2, 0.25) is 0 Å². The van der Waals surface area contributed by atoms with Crippen LogP contribution in [-0.2, 0) is 0 Å². The number of fused-ring (bicyclic) bond motifs is 1. The number of nitrogens with one attached hydrogen (secondary N) is 1. The molecule has 0 saturated heterocycles. The highest BCUT2D eigenvalue weighted by molar-refractivity contribution is 5.63. The van der Waals surface area contributed by atoms with Crippen LogP contribution >= 0.6 is 0 Å². The highest BCUT2D eigenvalue weighted by atomic mass is 15.3. The lowest BCUT2D eigenvalue weighted by Crippen LogP contribution is -2.47. The maximum Gasteiger partial charge on any atom is 0.203 e. The molecule has 0 atom stereocenters. The van der Waals surface area contributed by atoms with Crippen LogP contribution in [0, 0.1) is 6.92 Å². The van der Waals surface area contributed by atoms with Crippen molar-refractivity contribution in [1.29, 1.82) is 0 Å². The summed E-state index contributed by atoms with van der Waals surface area (Å²) in [5, 5.41) is 11.8. The van der Waals surface area contributed by atoms with Crippen LogP contribution in [0.15, 0.2) is 12.4 Å². The van der Waals surface area contributed by atoms with Crippen LogP contribution in [0.5, 0.6) is 0 Å². The first-order valence-electron chi connectivity index (χ1n) is 6.89. The van der Waals surface area contributed by atoms with E-state index in [1.54, 1.807) is 6.20 Å². The Kier molecular flexibility index (Phi) is 3.10. The van der Waals surface area contributed by atoms with Crippen molar-refractivity contribution < 1.29 is 0 Å². The smallest absolute Gasteiger partial charge is 0.203 e. The van der Waals surface area contributed by atoms with Crippen molar-refractivity contribution in [3.63, 3.8) is 0 Å². The maximum absolute atomic E-state index is 6.00. The van der Waals surface area contributed by atoms with Crippen LogP contribution in [0.1, 0.15) is 37.9 Å². The summed E-state index contributed by atoms with van der Waals surface area (Å²) in [6.45, 7) is 2.56. The first kappa shape index (κ1) is 12.3. The number of aromatic nitrogens is 4. The Morgan fingerprint density at radius 2 is 2.11 bits per heavy atom. The van der Waals surface area contributed by atoms with Crippen LogP contribution < -0.4 is 11.1 Å². The Labute approximate surface area is 112 Å². The first-order chi connectivity index (χ1) is 9.24. The molecule has 3 rings (SSSR count). The van der Waals surface area contributed by atoms with Gasteiger partial charge in [-0.1, -0.05) is 19.3 Å². The molecule has 1 aliphatic carbocycles. The van der Waals surface area contributed by atoms with Gasteiger partial charge in [-0.2, -0.15) is 0 Å². The molecule has 0 bridgehead atoms. The minimum absolute atomic E-state index is 0.0348. The lowest BCUT2D eigenvalue weighted by molar-refractivity contribution is 0.330. The molecule has 1 fully saturated rings. The molecular weight excluding hydrogens is 240 g/mol. The average molecular weight is 260 g/mol. The zero-order valence-corrected chi connectivity index (χ0v) is 11.3. The molecule has 1 aliphatic rings. The summed E-state index contributed by atoms with van der Waals surface area (Å²) in [6.07, 6.45) is 9.59. The molecular formula is C13H20N6. The van der Waals surface area contributed by atoms with Gasteiger partial charge in [-0.25, -0.2) is 4.98 Å². The van der Waals surface area contributed by atoms with E-state index in [9.17, 15) is 0 Å². The Morgan fingerprint density at radius 1 is 1.32 bits per heavy atom. The van der Waals surface area contributed by atoms with E-state index < -0.39 is 0 Å². The number of hydrogen-bond donors (Lipinski definition) is 2. The Bertz CT molecular complexity index is 570. The Hall–Kier alpha value is -1.69. The third-order valence-electron chi connectivity index (χ3n) is 4.08. The second kappa shape index (κ2) is 4.77. The van der Waals surface area contributed by atoms with Crippen molar-refractivity contribution in [3.05, 3.63) is 18.2 Å². The van der Waals surface area contributed by atoms with Gasteiger partial charge in [-0.15, -0.1) is 10.2 Å². The molecule has 2 heterocycles. The van der Waals surface area contributed by atoms with E-state index in [1.807, 2.05) is 17.5 Å². The molecule has 6 nitrogen and oxygen atoms in total. The summed E-state index contributed by atoms with van der Waals surface area (Å²) in [6, 6.07) is 0. The third kappa shape index (κ3) is 2.16. The van der Waals surface area contributed by atoms with E-state index in [0.29, 0.717) is 6.54 Å². The molecule has 3 N–H and O–H groups in total. The highest BCUT2D eigenvalue weighted by Gasteiger charge is 2.31. The molecule has 1 saturated carbocycles. The zero-order valence-electron chi connectivity index (χ0n) is 11.3. The number of anilines is 1. The molecule has 102 valence electrons. The fraction of sp³-hybridized carbons (Fsp3) is 0.615. The van der Waals surface area contributed by atoms with Gasteiger partial charge in [0.1, 0.15) is 5.82 Å². The topological polar surface area (TPSA) is 81.1 Å². The zero-order chi connectivity index (χ0) is 13.3. The monoisotopic (exact) mass is 260 g/mol. The quantitative estimate of drug-likeness (QED) is 0.874. The second-order valence-corrected chi connectivity index (χ2v) is 5.39. The van der Waals surface area contributed by atoms with Crippen molar-refractivity contribution >= 4 is 11.5 Å². The summed E-state index contributed by atoms with van der Waals surface area (Å²) in [5.41, 5.74) is 6.74. The van der Waals surface area contributed by atoms with Crippen LogP contribution in [-0.4, -0.2) is 31.7 Å². The van der Waals surface area contributed by atoms with Crippen LogP contribution in [0.4, 0.5) is 5.82 Å². The minimum atomic E-state index is -0.0348. The lowest BCUT2D eigenvalue weighted by atomic mass is 9.82. The SMILES string of the molecule is Cc1nnc2c(NC3(CN)CCCCC3)nccn12. The van der Waals surface area contributed by atoms with Gasteiger partial charge in [0.05, 0.1) is 5.54 Å². The number of aryl methyl sites for hydroxylation is 1. The molecule has 0 unspecified atom stereocenters. The predicted octanol–water partition coefficient (Wildman–Crippen LogP) is 1.51. The van der Waals surface area contributed by atoms with Crippen molar-refractivity contribution in [1.82, 2.24) is 19.6 Å². The van der Waals surface area contributed by atoms with Gasteiger partial charge in [0.15, 0.2) is 5.82 Å². The van der Waals surface area contributed by atoms with Gasteiger partial charge >= 0.3 is 0 Å². The molecule has 0 aromatic carbocycles. The largest absolute Gasteiger partial charge is 0.360 e. The van der Waals surface area contributed by atoms with E-state index in [4.69, 9.17) is 5.73 Å². The van der Waals surface area contributed by atoms with Crippen molar-refractivity contribution in [2.24, 2.45) is 5.73 Å². The Balaban J connectivity index is 1.95. The van der Waals surface area contributed by atoms with E-state index in [-0.39, 0.29) is 5.54 Å². The van der Waals surface area contributed by atoms with Gasteiger partial charge in [-0.3, -0.25) is 4.40 Å². The van der Waals surface area contributed by atoms with Gasteiger partial charge in [0.2, 0.25) is 5.65 Å². The van der Waals surface area contributed by atoms with Crippen molar-refractivity contribution in [3.8, 4) is 0 Å². The average Bonchev–Trinajstić information content (AvgIpc) is 2.83. The lowest BCUT2D eigenvalue weighted by Gasteiger charge is -2.37.